The lowest BCUT2D eigenvalue weighted by atomic mass is 10.0. The van der Waals surface area contributed by atoms with E-state index >= 15 is 0 Å². The number of sulfonamides is 1. The maximum Gasteiger partial charge on any atom is 0.410 e. The van der Waals surface area contributed by atoms with Crippen LogP contribution in [0.5, 0.6) is 0 Å². The molecule has 1 unspecified atom stereocenters. The van der Waals surface area contributed by atoms with E-state index in [2.05, 4.69) is 20.7 Å². The Balaban J connectivity index is 1.13. The van der Waals surface area contributed by atoms with Gasteiger partial charge in [0.15, 0.2) is 0 Å². The molecule has 3 saturated carbocycles. The van der Waals surface area contributed by atoms with Crippen molar-refractivity contribution >= 4 is 50.6 Å². The highest BCUT2D eigenvalue weighted by molar-refractivity contribution is 7.91. The fourth-order valence-electron chi connectivity index (χ4n) is 8.01. The van der Waals surface area contributed by atoms with Gasteiger partial charge in [0.2, 0.25) is 21.8 Å². The van der Waals surface area contributed by atoms with Crippen LogP contribution < -0.4 is 20.7 Å². The summed E-state index contributed by atoms with van der Waals surface area (Å²) in [5.41, 5.74) is -0.728. The van der Waals surface area contributed by atoms with Crippen molar-refractivity contribution in [2.24, 2.45) is 5.92 Å². The molecule has 6 amide bonds. The summed E-state index contributed by atoms with van der Waals surface area (Å²) in [5.74, 6) is -2.43. The molecule has 0 aromatic heterocycles. The van der Waals surface area contributed by atoms with Crippen molar-refractivity contribution in [3.05, 3.63) is 60.2 Å². The number of piperazine rings is 1. The van der Waals surface area contributed by atoms with Crippen LogP contribution in [0, 0.1) is 5.92 Å². The lowest BCUT2D eigenvalue weighted by Crippen LogP contribution is -2.66. The Morgan fingerprint density at radius 1 is 0.889 bits per heavy atom. The molecule has 14 nitrogen and oxygen atoms in total. The molecule has 0 radical (unpaired) electrons. The molecule has 2 aliphatic heterocycles. The van der Waals surface area contributed by atoms with Crippen LogP contribution in [-0.2, 0) is 35.8 Å². The molecule has 7 rings (SSSR count). The first-order chi connectivity index (χ1) is 26.0. The fraction of sp³-hybridized carbons (Fsp3) is 0.564. The van der Waals surface area contributed by atoms with E-state index in [1.165, 1.54) is 9.80 Å². The lowest BCUT2D eigenvalue weighted by molar-refractivity contribution is -0.146. The molecule has 54 heavy (non-hydrogen) atoms. The standard InChI is InChI=1S/C39H50N6O8S/c46-34-33-24-44(38(50)53-25-27-13-10-12-26-11-6-9-17-31(26)27)21-22-45(33)35(47)32(41-37(49)40-29-15-7-8-16-29)18-5-3-1-2-4-14-28-23-39(28,42-34)36(48)43-54(51,52)30-19-20-30/h4,6,9-14,17,28-30,32-33H,1-3,5,7-8,15-16,18-25H2,(H,42,46)(H,43,48)(H2,40,41,49)/b14-4+/t28?,32-,33-,39-/m0/s1. The number of carbonyl (C=O) groups excluding carboxylic acids is 5. The molecule has 2 aromatic rings. The first-order valence-electron chi connectivity index (χ1n) is 19.3. The third-order valence-corrected chi connectivity index (χ3v) is 13.3. The fourth-order valence-corrected chi connectivity index (χ4v) is 9.38. The van der Waals surface area contributed by atoms with E-state index in [0.717, 1.165) is 54.9 Å². The normalized spacial score (nSPS) is 27.4. The largest absolute Gasteiger partial charge is 0.445 e. The Bertz CT molecular complexity index is 1910. The van der Waals surface area contributed by atoms with Gasteiger partial charge in [-0.1, -0.05) is 80.3 Å². The molecule has 0 spiro atoms. The van der Waals surface area contributed by atoms with E-state index in [1.54, 1.807) is 0 Å². The highest BCUT2D eigenvalue weighted by Gasteiger charge is 2.62. The van der Waals surface area contributed by atoms with Crippen LogP contribution in [0.3, 0.4) is 0 Å². The molecular weight excluding hydrogens is 713 g/mol. The highest BCUT2D eigenvalue weighted by Crippen LogP contribution is 2.46. The van der Waals surface area contributed by atoms with E-state index in [4.69, 9.17) is 4.74 Å². The van der Waals surface area contributed by atoms with Crippen LogP contribution in [0.1, 0.15) is 82.6 Å². The van der Waals surface area contributed by atoms with Gasteiger partial charge >= 0.3 is 12.1 Å². The minimum Gasteiger partial charge on any atom is -0.445 e. The summed E-state index contributed by atoms with van der Waals surface area (Å²) in [6.07, 6.45) is 11.3. The van der Waals surface area contributed by atoms with Gasteiger partial charge in [-0.3, -0.25) is 19.1 Å². The number of allylic oxidation sites excluding steroid dienone is 1. The van der Waals surface area contributed by atoms with E-state index in [-0.39, 0.29) is 38.7 Å². The first-order valence-corrected chi connectivity index (χ1v) is 20.9. The number of hydrogen-bond acceptors (Lipinski definition) is 8. The summed E-state index contributed by atoms with van der Waals surface area (Å²) in [7, 11) is -3.91. The lowest BCUT2D eigenvalue weighted by Gasteiger charge is -2.41. The zero-order valence-corrected chi connectivity index (χ0v) is 31.3. The number of nitrogens with one attached hydrogen (secondary N) is 4. The Morgan fingerprint density at radius 2 is 1.65 bits per heavy atom. The third-order valence-electron chi connectivity index (χ3n) is 11.4. The predicted octanol–water partition coefficient (Wildman–Crippen LogP) is 3.60. The second-order valence-electron chi connectivity index (χ2n) is 15.4. The summed E-state index contributed by atoms with van der Waals surface area (Å²) in [6.45, 7) is -0.195. The number of nitrogens with zero attached hydrogens (tertiary/aromatic N) is 2. The van der Waals surface area contributed by atoms with Crippen LogP contribution in [0.2, 0.25) is 0 Å². The van der Waals surface area contributed by atoms with Gasteiger partial charge in [0.05, 0.1) is 11.8 Å². The number of fused-ring (bicyclic) bond motifs is 3. The maximum absolute atomic E-state index is 14.4. The summed E-state index contributed by atoms with van der Waals surface area (Å²) in [6, 6.07) is 10.9. The third kappa shape index (κ3) is 8.50. The molecule has 4 fully saturated rings. The molecule has 15 heteroatoms. The second kappa shape index (κ2) is 16.0. The monoisotopic (exact) mass is 762 g/mol. The molecule has 290 valence electrons. The number of hydrogen-bond donors (Lipinski definition) is 4. The summed E-state index contributed by atoms with van der Waals surface area (Å²) in [5, 5.41) is 10.0. The van der Waals surface area contributed by atoms with Gasteiger partial charge < -0.3 is 30.5 Å². The smallest absolute Gasteiger partial charge is 0.410 e. The van der Waals surface area contributed by atoms with Crippen molar-refractivity contribution in [3.8, 4) is 0 Å². The van der Waals surface area contributed by atoms with Gasteiger partial charge in [-0.2, -0.15) is 0 Å². The van der Waals surface area contributed by atoms with Crippen molar-refractivity contribution < 1.29 is 37.1 Å². The average Bonchev–Trinajstić information content (AvgIpc) is 4.08. The number of amides is 6. The van der Waals surface area contributed by atoms with Gasteiger partial charge in [0.1, 0.15) is 24.2 Å². The van der Waals surface area contributed by atoms with E-state index < -0.39 is 68.7 Å². The van der Waals surface area contributed by atoms with Gasteiger partial charge in [-0.25, -0.2) is 18.0 Å². The minimum atomic E-state index is -3.91. The molecule has 4 atom stereocenters. The highest BCUT2D eigenvalue weighted by atomic mass is 32.2. The van der Waals surface area contributed by atoms with Crippen LogP contribution in [0.15, 0.2) is 54.6 Å². The molecule has 3 aliphatic carbocycles. The molecule has 4 N–H and O–H groups in total. The number of urea groups is 1. The van der Waals surface area contributed by atoms with Crippen molar-refractivity contribution in [1.82, 2.24) is 30.5 Å². The molecule has 5 aliphatic rings. The van der Waals surface area contributed by atoms with Crippen LogP contribution in [-0.4, -0.2) is 96.6 Å². The van der Waals surface area contributed by atoms with Crippen LogP contribution in [0.25, 0.3) is 10.8 Å². The van der Waals surface area contributed by atoms with Crippen LogP contribution in [0.4, 0.5) is 9.59 Å². The second-order valence-corrected chi connectivity index (χ2v) is 17.3. The summed E-state index contributed by atoms with van der Waals surface area (Å²) < 4.78 is 33.6. The number of benzene rings is 2. The zero-order valence-electron chi connectivity index (χ0n) is 30.5. The first kappa shape index (κ1) is 37.6. The van der Waals surface area contributed by atoms with Crippen LogP contribution >= 0.6 is 0 Å². The minimum absolute atomic E-state index is 0.00887. The number of rotatable bonds is 7. The van der Waals surface area contributed by atoms with Gasteiger partial charge in [0, 0.05) is 25.0 Å². The molecule has 0 bridgehead atoms. The SMILES string of the molecule is O=C(NC1CCCC1)N[C@H]1CCCCC/C=C/C2C[C@]2(C(=O)NS(=O)(=O)C2CC2)NC(=O)[C@@H]2CN(C(=O)OCc3cccc4ccccc34)CCN2C1=O. The summed E-state index contributed by atoms with van der Waals surface area (Å²) in [4.78, 5) is 72.0. The maximum atomic E-state index is 14.4. The van der Waals surface area contributed by atoms with Crippen molar-refractivity contribution in [3.63, 3.8) is 0 Å². The zero-order chi connectivity index (χ0) is 37.9. The molecule has 1 saturated heterocycles. The van der Waals surface area contributed by atoms with Gasteiger partial charge in [-0.15, -0.1) is 0 Å². The molecular formula is C39H50N6O8S. The number of ether oxygens (including phenoxy) is 1. The Hall–Kier alpha value is -4.66. The summed E-state index contributed by atoms with van der Waals surface area (Å²) >= 11 is 0. The van der Waals surface area contributed by atoms with Crippen molar-refractivity contribution in [2.75, 3.05) is 19.6 Å². The predicted molar refractivity (Wildman–Crippen MR) is 200 cm³/mol. The van der Waals surface area contributed by atoms with Crippen molar-refractivity contribution in [1.29, 1.82) is 0 Å². The quantitative estimate of drug-likeness (QED) is 0.309. The molecule has 2 heterocycles. The van der Waals surface area contributed by atoms with Crippen molar-refractivity contribution in [2.45, 2.75) is 113 Å². The van der Waals surface area contributed by atoms with E-state index in [0.29, 0.717) is 32.1 Å². The number of carbonyl (C=O) groups is 5. The topological polar surface area (TPSA) is 183 Å². The van der Waals surface area contributed by atoms with Gasteiger partial charge in [0.25, 0.3) is 5.91 Å². The Morgan fingerprint density at radius 3 is 2.44 bits per heavy atom. The van der Waals surface area contributed by atoms with Gasteiger partial charge in [-0.05, 0) is 67.7 Å². The Labute approximate surface area is 315 Å². The average molecular weight is 763 g/mol. The Kier molecular flexibility index (Phi) is 11.1. The van der Waals surface area contributed by atoms with E-state index in [9.17, 15) is 32.4 Å². The van der Waals surface area contributed by atoms with E-state index in [1.807, 2.05) is 54.6 Å². The molecule has 2 aromatic carbocycles.